The number of guanidine groups is 2. The minimum Gasteiger partial charge on any atom is -0.356 e. The van der Waals surface area contributed by atoms with E-state index < -0.39 is 29.5 Å². The maximum Gasteiger partial charge on any atom is 0.417 e. The fourth-order valence-electron chi connectivity index (χ4n) is 3.90. The molecule has 0 fully saturated rings. The zero-order valence-electron chi connectivity index (χ0n) is 22.0. The molecule has 0 atom stereocenters. The number of amides is 2. The fraction of sp³-hybridized carbons (Fsp3) is 0.400. The minimum absolute atomic E-state index is 0.0258. The molecule has 2 aliphatic rings. The van der Waals surface area contributed by atoms with Gasteiger partial charge in [0.15, 0.2) is 11.9 Å². The summed E-state index contributed by atoms with van der Waals surface area (Å²) in [7, 11) is 0. The highest BCUT2D eigenvalue weighted by Crippen LogP contribution is 2.39. The molecule has 17 heteroatoms. The molecule has 6 N–H and O–H groups in total. The zero-order chi connectivity index (χ0) is 30.2. The Hall–Kier alpha value is -3.47. The van der Waals surface area contributed by atoms with Crippen LogP contribution in [0.1, 0.15) is 11.1 Å². The molecule has 2 aromatic carbocycles. The van der Waals surface area contributed by atoms with Crippen molar-refractivity contribution in [2.45, 2.75) is 22.1 Å². The van der Waals surface area contributed by atoms with E-state index >= 15 is 0 Å². The Bertz CT molecular complexity index is 1220. The Kier molecular flexibility index (Phi) is 10.6. The number of nitrogens with one attached hydrogen (secondary N) is 6. The average Bonchev–Trinajstić information content (AvgIpc) is 3.64. The summed E-state index contributed by atoms with van der Waals surface area (Å²) in [6.07, 6.45) is -9.38. The Morgan fingerprint density at radius 1 is 0.738 bits per heavy atom. The molecule has 42 heavy (non-hydrogen) atoms. The molecular formula is C25H28F6N8OS2. The number of carbonyl (C=O) groups is 1. The number of halogens is 6. The van der Waals surface area contributed by atoms with Crippen molar-refractivity contribution in [1.29, 1.82) is 0 Å². The molecule has 2 heterocycles. The van der Waals surface area contributed by atoms with Gasteiger partial charge in [0.05, 0.1) is 24.2 Å². The van der Waals surface area contributed by atoms with Gasteiger partial charge in [-0.15, -0.1) is 23.5 Å². The first-order valence-electron chi connectivity index (χ1n) is 12.8. The molecule has 2 amide bonds. The average molecular weight is 635 g/mol. The van der Waals surface area contributed by atoms with Gasteiger partial charge in [-0.3, -0.25) is 9.98 Å². The van der Waals surface area contributed by atoms with E-state index in [4.69, 9.17) is 0 Å². The number of hydrogen-bond acceptors (Lipinski definition) is 9. The number of alkyl halides is 6. The predicted molar refractivity (Wildman–Crippen MR) is 154 cm³/mol. The van der Waals surface area contributed by atoms with Gasteiger partial charge in [0.2, 0.25) is 0 Å². The largest absolute Gasteiger partial charge is 0.417 e. The molecule has 9 nitrogen and oxygen atoms in total. The predicted octanol–water partition coefficient (Wildman–Crippen LogP) is 4.65. The van der Waals surface area contributed by atoms with E-state index in [1.165, 1.54) is 24.3 Å². The van der Waals surface area contributed by atoms with Gasteiger partial charge in [-0.1, -0.05) is 0 Å². The lowest BCUT2D eigenvalue weighted by molar-refractivity contribution is -0.140. The second-order valence-corrected chi connectivity index (χ2v) is 11.1. The third kappa shape index (κ3) is 9.27. The van der Waals surface area contributed by atoms with Crippen LogP contribution in [0.15, 0.2) is 56.2 Å². The molecule has 0 bridgehead atoms. The summed E-state index contributed by atoms with van der Waals surface area (Å²) < 4.78 is 82.5. The van der Waals surface area contributed by atoms with Gasteiger partial charge >= 0.3 is 18.4 Å². The molecule has 0 saturated carbocycles. The quantitative estimate of drug-likeness (QED) is 0.128. The van der Waals surface area contributed by atoms with Crippen LogP contribution in [-0.2, 0) is 12.4 Å². The smallest absolute Gasteiger partial charge is 0.356 e. The molecule has 0 unspecified atom stereocenters. The number of aliphatic imine (C=N–C) groups is 2. The monoisotopic (exact) mass is 634 g/mol. The van der Waals surface area contributed by atoms with E-state index in [1.807, 2.05) is 0 Å². The normalized spacial score (nSPS) is 14.9. The van der Waals surface area contributed by atoms with Crippen LogP contribution in [0.5, 0.6) is 0 Å². The maximum atomic E-state index is 13.7. The maximum absolute atomic E-state index is 13.7. The summed E-state index contributed by atoms with van der Waals surface area (Å²) in [5.74, 6) is 1.87. The van der Waals surface area contributed by atoms with Gasteiger partial charge in [-0.05, 0) is 36.4 Å². The van der Waals surface area contributed by atoms with Crippen molar-refractivity contribution in [1.82, 2.24) is 21.3 Å². The summed E-state index contributed by atoms with van der Waals surface area (Å²) in [5.41, 5.74) is -2.20. The Morgan fingerprint density at radius 2 is 1.17 bits per heavy atom. The standard InChI is InChI=1S/C25H28F6N8OS2/c26-24(27,28)17-13-15(1-3-19(17)41-11-9-36-21-32-5-6-33-21)38-23(40)39-16-2-4-20(18(14-16)25(29,30)31)42-12-10-37-22-34-7-8-35-22/h1-4,13-14H,5-12H2,(H2,32,33,36)(H2,34,35,37)(H2,38,39,40). The van der Waals surface area contributed by atoms with Crippen LogP contribution in [0.4, 0.5) is 42.5 Å². The van der Waals surface area contributed by atoms with Crippen LogP contribution in [0.25, 0.3) is 0 Å². The summed E-state index contributed by atoms with van der Waals surface area (Å²) in [4.78, 5) is 20.7. The lowest BCUT2D eigenvalue weighted by Gasteiger charge is -2.16. The highest BCUT2D eigenvalue weighted by Gasteiger charge is 2.35. The van der Waals surface area contributed by atoms with Crippen molar-refractivity contribution >= 4 is 52.8 Å². The summed E-state index contributed by atoms with van der Waals surface area (Å²) in [6.45, 7) is 3.45. The van der Waals surface area contributed by atoms with Crippen molar-refractivity contribution in [3.63, 3.8) is 0 Å². The highest BCUT2D eigenvalue weighted by molar-refractivity contribution is 7.99. The lowest BCUT2D eigenvalue weighted by atomic mass is 10.2. The van der Waals surface area contributed by atoms with Crippen molar-refractivity contribution in [3.8, 4) is 0 Å². The number of anilines is 2. The molecule has 2 aliphatic heterocycles. The molecule has 0 aromatic heterocycles. The molecule has 228 valence electrons. The summed E-state index contributed by atoms with van der Waals surface area (Å²) in [6, 6.07) is 5.68. The van der Waals surface area contributed by atoms with Crippen LogP contribution >= 0.6 is 23.5 Å². The molecule has 0 saturated heterocycles. The van der Waals surface area contributed by atoms with Crippen molar-refractivity contribution in [3.05, 3.63) is 47.5 Å². The van der Waals surface area contributed by atoms with Crippen LogP contribution in [0, 0.1) is 0 Å². The van der Waals surface area contributed by atoms with E-state index in [1.54, 1.807) is 0 Å². The molecule has 0 radical (unpaired) electrons. The van der Waals surface area contributed by atoms with Gasteiger partial charge in [0.25, 0.3) is 0 Å². The van der Waals surface area contributed by atoms with E-state index in [0.717, 1.165) is 35.7 Å². The third-order valence-electron chi connectivity index (χ3n) is 5.74. The zero-order valence-corrected chi connectivity index (χ0v) is 23.6. The minimum atomic E-state index is -4.69. The number of thioether (sulfide) groups is 2. The number of urea groups is 1. The van der Waals surface area contributed by atoms with E-state index in [-0.39, 0.29) is 21.2 Å². The van der Waals surface area contributed by atoms with Crippen molar-refractivity contribution < 1.29 is 31.1 Å². The molecule has 0 aliphatic carbocycles. The van der Waals surface area contributed by atoms with E-state index in [9.17, 15) is 31.1 Å². The second kappa shape index (κ2) is 14.1. The van der Waals surface area contributed by atoms with Crippen LogP contribution in [0.3, 0.4) is 0 Å². The molecule has 2 aromatic rings. The van der Waals surface area contributed by atoms with Crippen LogP contribution in [-0.4, -0.2) is 68.7 Å². The highest BCUT2D eigenvalue weighted by atomic mass is 32.2. The van der Waals surface area contributed by atoms with Gasteiger partial charge in [-0.2, -0.15) is 26.3 Å². The van der Waals surface area contributed by atoms with Gasteiger partial charge in [0, 0.05) is 58.9 Å². The Labute approximate surface area is 246 Å². The first-order chi connectivity index (χ1) is 20.0. The van der Waals surface area contributed by atoms with Crippen LogP contribution < -0.4 is 31.9 Å². The first-order valence-corrected chi connectivity index (χ1v) is 14.8. The lowest BCUT2D eigenvalue weighted by Crippen LogP contribution is -2.35. The molecular weight excluding hydrogens is 606 g/mol. The Morgan fingerprint density at radius 3 is 1.52 bits per heavy atom. The van der Waals surface area contributed by atoms with E-state index in [0.29, 0.717) is 62.7 Å². The van der Waals surface area contributed by atoms with Crippen LogP contribution in [0.2, 0.25) is 0 Å². The van der Waals surface area contributed by atoms with Gasteiger partial charge in [0.1, 0.15) is 0 Å². The summed E-state index contributed by atoms with van der Waals surface area (Å²) in [5, 5.41) is 16.5. The second-order valence-electron chi connectivity index (χ2n) is 8.86. The molecule has 4 rings (SSSR count). The number of hydrogen-bond donors (Lipinski definition) is 6. The summed E-state index contributed by atoms with van der Waals surface area (Å²) >= 11 is 1.98. The van der Waals surface area contributed by atoms with Crippen molar-refractivity contribution in [2.75, 3.05) is 61.4 Å². The van der Waals surface area contributed by atoms with Crippen molar-refractivity contribution in [2.24, 2.45) is 9.98 Å². The number of rotatable bonds is 10. The van der Waals surface area contributed by atoms with Gasteiger partial charge < -0.3 is 31.9 Å². The van der Waals surface area contributed by atoms with E-state index in [2.05, 4.69) is 41.9 Å². The Balaban J connectivity index is 1.35. The number of carbonyl (C=O) groups excluding carboxylic acids is 1. The van der Waals surface area contributed by atoms with Gasteiger partial charge in [-0.25, -0.2) is 4.79 Å². The fourth-order valence-corrected chi connectivity index (χ4v) is 5.73. The molecule has 0 spiro atoms. The SMILES string of the molecule is O=C(Nc1ccc(SCCNC2=NCCN2)c(C(F)(F)F)c1)Nc1ccc(SCCNC2=NCCN2)c(C(F)(F)F)c1. The number of benzene rings is 2. The third-order valence-corrected chi connectivity index (χ3v) is 7.89. The number of nitrogens with zero attached hydrogens (tertiary/aromatic N) is 2. The topological polar surface area (TPSA) is 114 Å². The first kappa shape index (κ1) is 31.5.